The van der Waals surface area contributed by atoms with Gasteiger partial charge in [-0.25, -0.2) is 4.68 Å². The highest BCUT2D eigenvalue weighted by Gasteiger charge is 2.24. The molecule has 1 fully saturated rings. The highest BCUT2D eigenvalue weighted by Crippen LogP contribution is 2.34. The first-order valence-electron chi connectivity index (χ1n) is 7.37. The molecule has 21 heavy (non-hydrogen) atoms. The van der Waals surface area contributed by atoms with Crippen molar-refractivity contribution in [1.82, 2.24) is 20.2 Å². The second-order valence-electron chi connectivity index (χ2n) is 5.93. The first kappa shape index (κ1) is 13.9. The number of tetrazole rings is 1. The van der Waals surface area contributed by atoms with Crippen molar-refractivity contribution in [2.45, 2.75) is 32.7 Å². The summed E-state index contributed by atoms with van der Waals surface area (Å²) < 4.78 is 7.29. The van der Waals surface area contributed by atoms with E-state index in [1.165, 1.54) is 19.3 Å². The van der Waals surface area contributed by atoms with Gasteiger partial charge in [-0.2, -0.15) is 0 Å². The minimum absolute atomic E-state index is 0.655. The number of anilines is 1. The lowest BCUT2D eigenvalue weighted by Gasteiger charge is -2.12. The molecule has 1 aromatic heterocycles. The summed E-state index contributed by atoms with van der Waals surface area (Å²) in [5.41, 5.74) is 7.35. The number of rotatable bonds is 4. The Morgan fingerprint density at radius 3 is 2.95 bits per heavy atom. The van der Waals surface area contributed by atoms with Crippen molar-refractivity contribution in [2.75, 3.05) is 12.8 Å². The zero-order valence-electron chi connectivity index (χ0n) is 12.5. The van der Waals surface area contributed by atoms with E-state index < -0.39 is 0 Å². The predicted octanol–water partition coefficient (Wildman–Crippen LogP) is 2.37. The second kappa shape index (κ2) is 5.71. The zero-order chi connectivity index (χ0) is 14.8. The van der Waals surface area contributed by atoms with Crippen molar-refractivity contribution < 1.29 is 4.74 Å². The van der Waals surface area contributed by atoms with Gasteiger partial charge in [-0.05, 0) is 47.2 Å². The SMILES string of the molecule is COc1cc(N)ccc1-c1nnnn1CC1CCC(C)C1. The molecule has 0 spiro atoms. The van der Waals surface area contributed by atoms with E-state index in [1.807, 2.05) is 16.8 Å². The molecule has 0 radical (unpaired) electrons. The van der Waals surface area contributed by atoms with Crippen LogP contribution >= 0.6 is 0 Å². The summed E-state index contributed by atoms with van der Waals surface area (Å²) in [6, 6.07) is 5.55. The largest absolute Gasteiger partial charge is 0.496 e. The second-order valence-corrected chi connectivity index (χ2v) is 5.93. The summed E-state index contributed by atoms with van der Waals surface area (Å²) in [6.07, 6.45) is 3.80. The molecule has 6 heteroatoms. The smallest absolute Gasteiger partial charge is 0.185 e. The molecule has 0 aliphatic heterocycles. The van der Waals surface area contributed by atoms with Crippen LogP contribution in [0, 0.1) is 11.8 Å². The Labute approximate surface area is 124 Å². The van der Waals surface area contributed by atoms with Gasteiger partial charge in [0.15, 0.2) is 5.82 Å². The lowest BCUT2D eigenvalue weighted by Crippen LogP contribution is -2.11. The summed E-state index contributed by atoms with van der Waals surface area (Å²) in [5, 5.41) is 12.1. The Hall–Kier alpha value is -2.11. The standard InChI is InChI=1S/C15H21N5O/c1-10-3-4-11(7-10)9-20-15(17-18-19-20)13-6-5-12(16)8-14(13)21-2/h5-6,8,10-11H,3-4,7,9,16H2,1-2H3. The third kappa shape index (κ3) is 2.84. The molecule has 112 valence electrons. The quantitative estimate of drug-likeness (QED) is 0.873. The van der Waals surface area contributed by atoms with Gasteiger partial charge in [0, 0.05) is 18.3 Å². The van der Waals surface area contributed by atoms with Crippen LogP contribution in [0.4, 0.5) is 5.69 Å². The fourth-order valence-electron chi connectivity index (χ4n) is 3.15. The molecular weight excluding hydrogens is 266 g/mol. The normalized spacial score (nSPS) is 21.6. The van der Waals surface area contributed by atoms with Crippen LogP contribution in [-0.2, 0) is 6.54 Å². The van der Waals surface area contributed by atoms with Crippen molar-refractivity contribution in [3.8, 4) is 17.1 Å². The third-order valence-electron chi connectivity index (χ3n) is 4.23. The zero-order valence-corrected chi connectivity index (χ0v) is 12.5. The number of ether oxygens (including phenoxy) is 1. The molecule has 1 aliphatic rings. The predicted molar refractivity (Wildman–Crippen MR) is 80.7 cm³/mol. The molecule has 2 unspecified atom stereocenters. The van der Waals surface area contributed by atoms with Gasteiger partial charge in [0.1, 0.15) is 5.75 Å². The number of benzene rings is 1. The number of methoxy groups -OCH3 is 1. The lowest BCUT2D eigenvalue weighted by atomic mass is 10.1. The number of nitrogens with zero attached hydrogens (tertiary/aromatic N) is 4. The van der Waals surface area contributed by atoms with E-state index in [9.17, 15) is 0 Å². The highest BCUT2D eigenvalue weighted by molar-refractivity contribution is 5.67. The van der Waals surface area contributed by atoms with Crippen LogP contribution in [-0.4, -0.2) is 27.3 Å². The molecule has 3 rings (SSSR count). The van der Waals surface area contributed by atoms with Gasteiger partial charge in [0.05, 0.1) is 12.7 Å². The maximum Gasteiger partial charge on any atom is 0.185 e. The van der Waals surface area contributed by atoms with E-state index in [-0.39, 0.29) is 0 Å². The minimum Gasteiger partial charge on any atom is -0.496 e. The summed E-state index contributed by atoms with van der Waals surface area (Å²) in [6.45, 7) is 3.17. The molecule has 0 saturated heterocycles. The monoisotopic (exact) mass is 287 g/mol. The van der Waals surface area contributed by atoms with Gasteiger partial charge in [-0.3, -0.25) is 0 Å². The van der Waals surface area contributed by atoms with Gasteiger partial charge < -0.3 is 10.5 Å². The van der Waals surface area contributed by atoms with Crippen LogP contribution in [0.1, 0.15) is 26.2 Å². The van der Waals surface area contributed by atoms with Crippen molar-refractivity contribution in [3.63, 3.8) is 0 Å². The van der Waals surface area contributed by atoms with Crippen molar-refractivity contribution >= 4 is 5.69 Å². The number of hydrogen-bond acceptors (Lipinski definition) is 5. The fraction of sp³-hybridized carbons (Fsp3) is 0.533. The Morgan fingerprint density at radius 2 is 2.24 bits per heavy atom. The maximum atomic E-state index is 5.80. The van der Waals surface area contributed by atoms with E-state index in [1.54, 1.807) is 13.2 Å². The molecule has 6 nitrogen and oxygen atoms in total. The summed E-state index contributed by atoms with van der Waals surface area (Å²) in [4.78, 5) is 0. The van der Waals surface area contributed by atoms with Gasteiger partial charge in [-0.15, -0.1) is 5.10 Å². The van der Waals surface area contributed by atoms with E-state index >= 15 is 0 Å². The van der Waals surface area contributed by atoms with Crippen molar-refractivity contribution in [2.24, 2.45) is 11.8 Å². The Kier molecular flexibility index (Phi) is 3.77. The van der Waals surface area contributed by atoms with E-state index in [0.717, 1.165) is 23.9 Å². The molecule has 1 aliphatic carbocycles. The molecule has 2 aromatic rings. The summed E-state index contributed by atoms with van der Waals surface area (Å²) in [7, 11) is 1.63. The van der Waals surface area contributed by atoms with E-state index in [0.29, 0.717) is 17.4 Å². The van der Waals surface area contributed by atoms with Gasteiger partial charge >= 0.3 is 0 Å². The first-order chi connectivity index (χ1) is 10.2. The van der Waals surface area contributed by atoms with Gasteiger partial charge in [-0.1, -0.05) is 13.3 Å². The molecule has 1 aromatic carbocycles. The number of hydrogen-bond donors (Lipinski definition) is 1. The molecule has 0 amide bonds. The van der Waals surface area contributed by atoms with Gasteiger partial charge in [0.25, 0.3) is 0 Å². The maximum absolute atomic E-state index is 5.80. The van der Waals surface area contributed by atoms with Crippen LogP contribution in [0.15, 0.2) is 18.2 Å². The van der Waals surface area contributed by atoms with Crippen LogP contribution < -0.4 is 10.5 Å². The van der Waals surface area contributed by atoms with Crippen molar-refractivity contribution in [1.29, 1.82) is 0 Å². The summed E-state index contributed by atoms with van der Waals surface area (Å²) in [5.74, 6) is 2.90. The average molecular weight is 287 g/mol. The molecule has 2 N–H and O–H groups in total. The van der Waals surface area contributed by atoms with Gasteiger partial charge in [0.2, 0.25) is 0 Å². The molecular formula is C15H21N5O. The van der Waals surface area contributed by atoms with E-state index in [2.05, 4.69) is 22.4 Å². The lowest BCUT2D eigenvalue weighted by molar-refractivity contribution is 0.406. The van der Waals surface area contributed by atoms with Crippen LogP contribution in [0.2, 0.25) is 0 Å². The first-order valence-corrected chi connectivity index (χ1v) is 7.37. The highest BCUT2D eigenvalue weighted by atomic mass is 16.5. The molecule has 1 heterocycles. The topological polar surface area (TPSA) is 78.8 Å². The van der Waals surface area contributed by atoms with Crippen LogP contribution in [0.3, 0.4) is 0 Å². The number of nitrogen functional groups attached to an aromatic ring is 1. The number of nitrogens with two attached hydrogens (primary N) is 1. The van der Waals surface area contributed by atoms with E-state index in [4.69, 9.17) is 10.5 Å². The Bertz CT molecular complexity index is 624. The number of aromatic nitrogens is 4. The molecule has 2 atom stereocenters. The van der Waals surface area contributed by atoms with Crippen molar-refractivity contribution in [3.05, 3.63) is 18.2 Å². The minimum atomic E-state index is 0.655. The Morgan fingerprint density at radius 1 is 1.38 bits per heavy atom. The molecule has 0 bridgehead atoms. The fourth-order valence-corrected chi connectivity index (χ4v) is 3.15. The molecule has 1 saturated carbocycles. The average Bonchev–Trinajstić information content (AvgIpc) is 3.08. The van der Waals surface area contributed by atoms with Crippen LogP contribution in [0.25, 0.3) is 11.4 Å². The third-order valence-corrected chi connectivity index (χ3v) is 4.23. The summed E-state index contributed by atoms with van der Waals surface area (Å²) >= 11 is 0. The van der Waals surface area contributed by atoms with Crippen LogP contribution in [0.5, 0.6) is 5.75 Å². The Balaban J connectivity index is 1.88.